The first-order chi connectivity index (χ1) is 8.15. The van der Waals surface area contributed by atoms with Gasteiger partial charge in [-0.3, -0.25) is 0 Å². The number of fused-ring (bicyclic) bond motifs is 1. The van der Waals surface area contributed by atoms with Crippen LogP contribution in [0.15, 0.2) is 18.2 Å². The smallest absolute Gasteiger partial charge is 0.349 e. The number of hydrogen-bond acceptors (Lipinski definition) is 4. The Bertz CT molecular complexity index is 466. The number of nitrogens with two attached hydrogens (primary N) is 1. The van der Waals surface area contributed by atoms with Gasteiger partial charge >= 0.3 is 5.97 Å². The van der Waals surface area contributed by atoms with Gasteiger partial charge in [-0.15, -0.1) is 0 Å². The van der Waals surface area contributed by atoms with Crippen LogP contribution in [-0.2, 0) is 11.2 Å². The van der Waals surface area contributed by atoms with Gasteiger partial charge in [-0.1, -0.05) is 6.07 Å². The second kappa shape index (κ2) is 3.74. The molecule has 1 heterocycles. The monoisotopic (exact) mass is 233 g/mol. The summed E-state index contributed by atoms with van der Waals surface area (Å²) in [5.41, 5.74) is 7.24. The third-order valence-electron chi connectivity index (χ3n) is 3.38. The third kappa shape index (κ3) is 2.26. The van der Waals surface area contributed by atoms with Crippen molar-refractivity contribution in [1.82, 2.24) is 0 Å². The van der Waals surface area contributed by atoms with E-state index in [-0.39, 0.29) is 18.1 Å². The molecule has 0 amide bonds. The first-order valence-electron chi connectivity index (χ1n) is 5.90. The number of carbonyl (C=O) groups is 1. The maximum absolute atomic E-state index is 11.1. The molecule has 1 aliphatic heterocycles. The fourth-order valence-corrected chi connectivity index (χ4v) is 2.00. The van der Waals surface area contributed by atoms with Gasteiger partial charge in [0.1, 0.15) is 0 Å². The molecule has 0 bridgehead atoms. The molecule has 1 aliphatic carbocycles. The van der Waals surface area contributed by atoms with Crippen LogP contribution in [0.4, 0.5) is 0 Å². The van der Waals surface area contributed by atoms with Crippen LogP contribution in [0.3, 0.4) is 0 Å². The van der Waals surface area contributed by atoms with Gasteiger partial charge in [0, 0.05) is 5.54 Å². The summed E-state index contributed by atoms with van der Waals surface area (Å²) in [5.74, 6) is 0.829. The Morgan fingerprint density at radius 3 is 2.88 bits per heavy atom. The van der Waals surface area contributed by atoms with Crippen molar-refractivity contribution in [2.24, 2.45) is 5.73 Å². The normalized spacial score (nSPS) is 20.2. The van der Waals surface area contributed by atoms with Crippen molar-refractivity contribution >= 4 is 5.97 Å². The van der Waals surface area contributed by atoms with Gasteiger partial charge in [0.25, 0.3) is 0 Å². The second-order valence-electron chi connectivity index (χ2n) is 4.91. The fraction of sp³-hybridized carbons (Fsp3) is 0.462. The lowest BCUT2D eigenvalue weighted by molar-refractivity contribution is -0.138. The Morgan fingerprint density at radius 2 is 2.12 bits per heavy atom. The zero-order chi connectivity index (χ0) is 11.9. The van der Waals surface area contributed by atoms with E-state index in [2.05, 4.69) is 0 Å². The molecule has 1 fully saturated rings. The lowest BCUT2D eigenvalue weighted by Crippen LogP contribution is -2.23. The Labute approximate surface area is 99.7 Å². The topological polar surface area (TPSA) is 61.5 Å². The third-order valence-corrected chi connectivity index (χ3v) is 3.38. The summed E-state index contributed by atoms with van der Waals surface area (Å²) >= 11 is 0. The summed E-state index contributed by atoms with van der Waals surface area (Å²) in [6, 6.07) is 5.73. The summed E-state index contributed by atoms with van der Waals surface area (Å²) in [6.45, 7) is -0.00173. The number of aryl methyl sites for hydroxylation is 1. The predicted octanol–water partition coefficient (Wildman–Crippen LogP) is 1.41. The van der Waals surface area contributed by atoms with E-state index in [1.807, 2.05) is 18.2 Å². The van der Waals surface area contributed by atoms with E-state index in [9.17, 15) is 4.79 Å². The van der Waals surface area contributed by atoms with Crippen molar-refractivity contribution in [2.45, 2.75) is 31.2 Å². The van der Waals surface area contributed by atoms with Crippen molar-refractivity contribution in [3.8, 4) is 11.5 Å². The Kier molecular flexibility index (Phi) is 2.33. The fourth-order valence-electron chi connectivity index (χ4n) is 2.00. The highest BCUT2D eigenvalue weighted by Crippen LogP contribution is 2.37. The molecule has 2 N–H and O–H groups in total. The zero-order valence-corrected chi connectivity index (χ0v) is 9.57. The summed E-state index contributed by atoms with van der Waals surface area (Å²) in [4.78, 5) is 11.1. The Morgan fingerprint density at radius 1 is 1.29 bits per heavy atom. The van der Waals surface area contributed by atoms with Gasteiger partial charge < -0.3 is 15.2 Å². The zero-order valence-electron chi connectivity index (χ0n) is 9.57. The molecule has 4 nitrogen and oxygen atoms in total. The molecule has 0 unspecified atom stereocenters. The molecule has 3 rings (SSSR count). The molecule has 4 heteroatoms. The summed E-state index contributed by atoms with van der Waals surface area (Å²) in [7, 11) is 0. The van der Waals surface area contributed by atoms with Crippen LogP contribution in [0.1, 0.15) is 24.8 Å². The van der Waals surface area contributed by atoms with Crippen molar-refractivity contribution in [3.05, 3.63) is 23.8 Å². The van der Waals surface area contributed by atoms with Gasteiger partial charge in [-0.2, -0.15) is 0 Å². The van der Waals surface area contributed by atoms with Gasteiger partial charge in [0.2, 0.25) is 0 Å². The van der Waals surface area contributed by atoms with Crippen molar-refractivity contribution < 1.29 is 14.3 Å². The second-order valence-corrected chi connectivity index (χ2v) is 4.91. The Hall–Kier alpha value is -1.55. The van der Waals surface area contributed by atoms with Crippen LogP contribution in [0.2, 0.25) is 0 Å². The van der Waals surface area contributed by atoms with Crippen molar-refractivity contribution in [2.75, 3.05) is 6.61 Å². The molecule has 90 valence electrons. The molecular weight excluding hydrogens is 218 g/mol. The number of rotatable bonds is 3. The van der Waals surface area contributed by atoms with E-state index >= 15 is 0 Å². The van der Waals surface area contributed by atoms with Gasteiger partial charge in [0.05, 0.1) is 0 Å². The van der Waals surface area contributed by atoms with Crippen molar-refractivity contribution in [3.63, 3.8) is 0 Å². The highest BCUT2D eigenvalue weighted by molar-refractivity contribution is 5.76. The maximum Gasteiger partial charge on any atom is 0.349 e. The van der Waals surface area contributed by atoms with Gasteiger partial charge in [-0.25, -0.2) is 4.79 Å². The standard InChI is InChI=1S/C13H15NO3/c14-13(5-6-13)4-3-9-1-2-10-11(7-9)17-12(15)8-16-10/h1-2,7H,3-6,8,14H2. The van der Waals surface area contributed by atoms with Crippen LogP contribution in [0, 0.1) is 0 Å². The van der Waals surface area contributed by atoms with E-state index in [1.165, 1.54) is 0 Å². The molecule has 0 aromatic heterocycles. The van der Waals surface area contributed by atoms with Crippen LogP contribution in [-0.4, -0.2) is 18.1 Å². The Balaban J connectivity index is 1.73. The van der Waals surface area contributed by atoms with Gasteiger partial charge in [0.15, 0.2) is 18.1 Å². The van der Waals surface area contributed by atoms with Crippen LogP contribution in [0.25, 0.3) is 0 Å². The highest BCUT2D eigenvalue weighted by atomic mass is 16.6. The number of hydrogen-bond donors (Lipinski definition) is 1. The first-order valence-corrected chi connectivity index (χ1v) is 5.90. The van der Waals surface area contributed by atoms with Crippen LogP contribution >= 0.6 is 0 Å². The number of esters is 1. The highest BCUT2D eigenvalue weighted by Gasteiger charge is 2.37. The molecule has 0 radical (unpaired) electrons. The maximum atomic E-state index is 11.1. The average molecular weight is 233 g/mol. The van der Waals surface area contributed by atoms with Crippen LogP contribution in [0.5, 0.6) is 11.5 Å². The molecule has 0 spiro atoms. The lowest BCUT2D eigenvalue weighted by Gasteiger charge is -2.17. The van der Waals surface area contributed by atoms with Gasteiger partial charge in [-0.05, 0) is 43.4 Å². The minimum absolute atomic E-state index is 0.00173. The molecule has 1 aromatic carbocycles. The molecule has 0 saturated heterocycles. The summed E-state index contributed by atoms with van der Waals surface area (Å²) in [5, 5.41) is 0. The van der Waals surface area contributed by atoms with E-state index in [0.717, 1.165) is 31.2 Å². The summed E-state index contributed by atoms with van der Waals surface area (Å²) in [6.07, 6.45) is 4.15. The minimum atomic E-state index is -0.341. The van der Waals surface area contributed by atoms with E-state index < -0.39 is 0 Å². The SMILES string of the molecule is NC1(CCc2ccc3c(c2)OC(=O)CO3)CC1. The van der Waals surface area contributed by atoms with Crippen molar-refractivity contribution in [1.29, 1.82) is 0 Å². The molecule has 2 aliphatic rings. The number of ether oxygens (including phenoxy) is 2. The molecular formula is C13H15NO3. The molecule has 1 aromatic rings. The molecule has 0 atom stereocenters. The minimum Gasteiger partial charge on any atom is -0.478 e. The average Bonchev–Trinajstić information content (AvgIpc) is 3.05. The lowest BCUT2D eigenvalue weighted by atomic mass is 10.0. The van der Waals surface area contributed by atoms with E-state index in [4.69, 9.17) is 15.2 Å². The molecule has 1 saturated carbocycles. The van der Waals surface area contributed by atoms with E-state index in [0.29, 0.717) is 11.5 Å². The number of benzene rings is 1. The van der Waals surface area contributed by atoms with Crippen LogP contribution < -0.4 is 15.2 Å². The first kappa shape index (κ1) is 10.6. The predicted molar refractivity (Wildman–Crippen MR) is 62.0 cm³/mol. The largest absolute Gasteiger partial charge is 0.478 e. The molecule has 17 heavy (non-hydrogen) atoms. The number of carbonyl (C=O) groups excluding carboxylic acids is 1. The van der Waals surface area contributed by atoms with E-state index in [1.54, 1.807) is 0 Å². The quantitative estimate of drug-likeness (QED) is 0.633. The summed E-state index contributed by atoms with van der Waals surface area (Å²) < 4.78 is 10.4.